The Hall–Kier alpha value is -2.15. The Balaban J connectivity index is 0.00000320. The molecule has 7 heteroatoms. The smallest absolute Gasteiger partial charge is 0.260 e. The summed E-state index contributed by atoms with van der Waals surface area (Å²) in [4.78, 5) is 22.2. The van der Waals surface area contributed by atoms with Gasteiger partial charge >= 0.3 is 0 Å². The number of fused-ring (bicyclic) bond motifs is 1. The lowest BCUT2D eigenvalue weighted by atomic mass is 10.1. The highest BCUT2D eigenvalue weighted by Crippen LogP contribution is 2.33. The van der Waals surface area contributed by atoms with Crippen LogP contribution in [0, 0.1) is 13.8 Å². The van der Waals surface area contributed by atoms with E-state index in [0.717, 1.165) is 34.1 Å². The lowest BCUT2D eigenvalue weighted by molar-refractivity contribution is 0.0986. The van der Waals surface area contributed by atoms with Crippen molar-refractivity contribution < 1.29 is 9.53 Å². The molecule has 0 atom stereocenters. The van der Waals surface area contributed by atoms with Crippen molar-refractivity contribution in [1.82, 2.24) is 9.88 Å². The van der Waals surface area contributed by atoms with E-state index in [9.17, 15) is 4.79 Å². The van der Waals surface area contributed by atoms with Crippen molar-refractivity contribution in [2.75, 3.05) is 38.7 Å². The Labute approximate surface area is 189 Å². The number of carbonyl (C=O) groups excluding carboxylic acids is 1. The minimum absolute atomic E-state index is 0. The monoisotopic (exact) mass is 447 g/mol. The van der Waals surface area contributed by atoms with Gasteiger partial charge in [0.25, 0.3) is 5.91 Å². The van der Waals surface area contributed by atoms with E-state index >= 15 is 0 Å². The molecule has 5 nitrogen and oxygen atoms in total. The summed E-state index contributed by atoms with van der Waals surface area (Å²) in [6.45, 7) is 8.27. The SMILES string of the molecule is CCOc1ccc(C(=O)N(CCCN(C)C)c2nc3c(C)c(C)ccc3s2)cc1.Cl. The second kappa shape index (κ2) is 10.8. The van der Waals surface area contributed by atoms with E-state index in [4.69, 9.17) is 9.72 Å². The standard InChI is InChI=1S/C23H29N3O2S.ClH/c1-6-28-19-11-9-18(10-12-19)22(27)26(15-7-14-25(4)5)23-24-21-17(3)16(2)8-13-20(21)29-23;/h8-13H,6-7,14-15H2,1-5H3;1H. The van der Waals surface area contributed by atoms with Crippen LogP contribution in [0.15, 0.2) is 36.4 Å². The average molecular weight is 448 g/mol. The number of thiazole rings is 1. The van der Waals surface area contributed by atoms with Crippen LogP contribution in [0.5, 0.6) is 5.75 Å². The lowest BCUT2D eigenvalue weighted by Crippen LogP contribution is -2.33. The number of nitrogens with zero attached hydrogens (tertiary/aromatic N) is 3. The molecule has 0 unspecified atom stereocenters. The van der Waals surface area contributed by atoms with Crippen molar-refractivity contribution in [3.05, 3.63) is 53.1 Å². The zero-order valence-electron chi connectivity index (χ0n) is 18.3. The van der Waals surface area contributed by atoms with Crippen LogP contribution in [0.2, 0.25) is 0 Å². The number of hydrogen-bond acceptors (Lipinski definition) is 5. The topological polar surface area (TPSA) is 45.7 Å². The van der Waals surface area contributed by atoms with E-state index in [1.165, 1.54) is 11.1 Å². The second-order valence-corrected chi connectivity index (χ2v) is 8.43. The highest BCUT2D eigenvalue weighted by molar-refractivity contribution is 7.22. The molecular formula is C23H30ClN3O2S. The van der Waals surface area contributed by atoms with Gasteiger partial charge in [-0.25, -0.2) is 4.98 Å². The molecule has 0 aliphatic carbocycles. The van der Waals surface area contributed by atoms with Gasteiger partial charge in [-0.3, -0.25) is 9.69 Å². The average Bonchev–Trinajstić information content (AvgIpc) is 3.13. The van der Waals surface area contributed by atoms with Crippen LogP contribution in [0.4, 0.5) is 5.13 Å². The summed E-state index contributed by atoms with van der Waals surface area (Å²) in [5.41, 5.74) is 4.02. The third kappa shape index (κ3) is 5.50. The van der Waals surface area contributed by atoms with E-state index in [1.54, 1.807) is 11.3 Å². The van der Waals surface area contributed by atoms with Crippen LogP contribution in [0.3, 0.4) is 0 Å². The summed E-state index contributed by atoms with van der Waals surface area (Å²) < 4.78 is 6.61. The van der Waals surface area contributed by atoms with Gasteiger partial charge in [0.05, 0.1) is 16.8 Å². The summed E-state index contributed by atoms with van der Waals surface area (Å²) in [7, 11) is 4.09. The van der Waals surface area contributed by atoms with Crippen LogP contribution in [0.1, 0.15) is 34.8 Å². The van der Waals surface area contributed by atoms with Gasteiger partial charge in [-0.2, -0.15) is 0 Å². The maximum atomic E-state index is 13.4. The normalized spacial score (nSPS) is 10.9. The van der Waals surface area contributed by atoms with Gasteiger partial charge in [0.2, 0.25) is 0 Å². The number of anilines is 1. The molecule has 3 rings (SSSR count). The molecule has 0 aliphatic rings. The summed E-state index contributed by atoms with van der Waals surface area (Å²) in [6.07, 6.45) is 0.879. The molecule has 2 aromatic carbocycles. The third-order valence-electron chi connectivity index (χ3n) is 4.95. The fourth-order valence-electron chi connectivity index (χ4n) is 3.18. The maximum absolute atomic E-state index is 13.4. The van der Waals surface area contributed by atoms with Gasteiger partial charge < -0.3 is 9.64 Å². The molecule has 0 radical (unpaired) electrons. The van der Waals surface area contributed by atoms with Gasteiger partial charge in [0.15, 0.2) is 5.13 Å². The van der Waals surface area contributed by atoms with Crippen molar-refractivity contribution in [3.8, 4) is 5.75 Å². The zero-order valence-corrected chi connectivity index (χ0v) is 19.9. The Kier molecular flexibility index (Phi) is 8.65. The molecule has 0 fully saturated rings. The summed E-state index contributed by atoms with van der Waals surface area (Å²) in [6, 6.07) is 11.6. The quantitative estimate of drug-likeness (QED) is 0.468. The molecule has 0 bridgehead atoms. The first-order valence-corrected chi connectivity index (χ1v) is 10.8. The van der Waals surface area contributed by atoms with Crippen LogP contribution >= 0.6 is 23.7 Å². The highest BCUT2D eigenvalue weighted by atomic mass is 35.5. The number of hydrogen-bond donors (Lipinski definition) is 0. The third-order valence-corrected chi connectivity index (χ3v) is 5.99. The van der Waals surface area contributed by atoms with Crippen LogP contribution < -0.4 is 9.64 Å². The number of ether oxygens (including phenoxy) is 1. The highest BCUT2D eigenvalue weighted by Gasteiger charge is 2.22. The molecule has 0 aliphatic heterocycles. The van der Waals surface area contributed by atoms with Crippen molar-refractivity contribution in [2.45, 2.75) is 27.2 Å². The molecular weight excluding hydrogens is 418 g/mol. The minimum Gasteiger partial charge on any atom is -0.494 e. The number of rotatable bonds is 8. The molecule has 30 heavy (non-hydrogen) atoms. The van der Waals surface area contributed by atoms with Crippen molar-refractivity contribution >= 4 is 45.0 Å². The van der Waals surface area contributed by atoms with Crippen molar-refractivity contribution in [1.29, 1.82) is 0 Å². The maximum Gasteiger partial charge on any atom is 0.260 e. The summed E-state index contributed by atoms with van der Waals surface area (Å²) in [5.74, 6) is 0.745. The minimum atomic E-state index is -0.0276. The fourth-order valence-corrected chi connectivity index (χ4v) is 4.22. The summed E-state index contributed by atoms with van der Waals surface area (Å²) in [5, 5.41) is 0.756. The van der Waals surface area contributed by atoms with Gasteiger partial charge in [0.1, 0.15) is 5.75 Å². The number of benzene rings is 2. The van der Waals surface area contributed by atoms with E-state index in [0.29, 0.717) is 18.7 Å². The Bertz CT molecular complexity index is 986. The first kappa shape index (κ1) is 24.1. The molecule has 0 saturated carbocycles. The van der Waals surface area contributed by atoms with Crippen LogP contribution in [-0.2, 0) is 0 Å². The number of amides is 1. The van der Waals surface area contributed by atoms with Gasteiger partial charge in [0, 0.05) is 12.1 Å². The second-order valence-electron chi connectivity index (χ2n) is 7.42. The molecule has 0 N–H and O–H groups in total. The van der Waals surface area contributed by atoms with E-state index in [-0.39, 0.29) is 18.3 Å². The molecule has 0 spiro atoms. The number of carbonyl (C=O) groups is 1. The number of aromatic nitrogens is 1. The van der Waals surface area contributed by atoms with Crippen LogP contribution in [-0.4, -0.2) is 49.6 Å². The molecule has 1 amide bonds. The largest absolute Gasteiger partial charge is 0.494 e. The van der Waals surface area contributed by atoms with Gasteiger partial charge in [-0.1, -0.05) is 17.4 Å². The predicted molar refractivity (Wildman–Crippen MR) is 129 cm³/mol. The Morgan fingerprint density at radius 3 is 2.40 bits per heavy atom. The van der Waals surface area contributed by atoms with Gasteiger partial charge in [-0.15, -0.1) is 12.4 Å². The molecule has 1 aromatic heterocycles. The fraction of sp³-hybridized carbons (Fsp3) is 0.391. The number of halogens is 1. The van der Waals surface area contributed by atoms with E-state index in [2.05, 4.69) is 30.9 Å². The first-order chi connectivity index (χ1) is 13.9. The molecule has 162 valence electrons. The molecule has 1 heterocycles. The number of aryl methyl sites for hydroxylation is 2. The van der Waals surface area contributed by atoms with Crippen molar-refractivity contribution in [2.24, 2.45) is 0 Å². The van der Waals surface area contributed by atoms with E-state index < -0.39 is 0 Å². The lowest BCUT2D eigenvalue weighted by Gasteiger charge is -2.21. The van der Waals surface area contributed by atoms with Crippen molar-refractivity contribution in [3.63, 3.8) is 0 Å². The zero-order chi connectivity index (χ0) is 21.0. The van der Waals surface area contributed by atoms with Crippen LogP contribution in [0.25, 0.3) is 10.2 Å². The molecule has 0 saturated heterocycles. The Morgan fingerprint density at radius 2 is 1.77 bits per heavy atom. The van der Waals surface area contributed by atoms with E-state index in [1.807, 2.05) is 50.2 Å². The first-order valence-electron chi connectivity index (χ1n) is 9.97. The predicted octanol–water partition coefficient (Wildman–Crippen LogP) is 5.33. The summed E-state index contributed by atoms with van der Waals surface area (Å²) >= 11 is 1.58. The van der Waals surface area contributed by atoms with Gasteiger partial charge in [-0.05, 0) is 89.3 Å². The molecule has 3 aromatic rings. The Morgan fingerprint density at radius 1 is 1.07 bits per heavy atom.